The van der Waals surface area contributed by atoms with Crippen LogP contribution in [0.2, 0.25) is 0 Å². The van der Waals surface area contributed by atoms with Crippen LogP contribution in [0.1, 0.15) is 30.5 Å². The summed E-state index contributed by atoms with van der Waals surface area (Å²) in [6.07, 6.45) is 5.18. The van der Waals surface area contributed by atoms with Crippen LogP contribution in [0.5, 0.6) is 11.5 Å². The van der Waals surface area contributed by atoms with Crippen molar-refractivity contribution in [2.75, 3.05) is 0 Å². The normalized spacial score (nSPS) is 10.7. The van der Waals surface area contributed by atoms with E-state index in [2.05, 4.69) is 0 Å². The molecular formula is C21H22FNO4. The number of amides is 1. The molecule has 0 unspecified atom stereocenters. The minimum absolute atomic E-state index is 0.174. The summed E-state index contributed by atoms with van der Waals surface area (Å²) in [6.45, 7) is 3.76. The van der Waals surface area contributed by atoms with Gasteiger partial charge in [0, 0.05) is 17.2 Å². The Hall–Kier alpha value is -2.96. The van der Waals surface area contributed by atoms with Crippen LogP contribution in [-0.2, 0) is 17.8 Å². The van der Waals surface area contributed by atoms with E-state index in [1.165, 1.54) is 35.8 Å². The number of carbonyl (C=O) groups excluding carboxylic acids is 1. The van der Waals surface area contributed by atoms with Crippen molar-refractivity contribution in [2.45, 2.75) is 26.9 Å². The first-order valence-electron chi connectivity index (χ1n) is 8.39. The molecule has 0 aliphatic rings. The lowest BCUT2D eigenvalue weighted by molar-refractivity contribution is -0.124. The number of carbonyl (C=O) groups is 1. The fraction of sp³-hybridized carbons (Fsp3) is 0.190. The zero-order chi connectivity index (χ0) is 19.8. The molecule has 0 heterocycles. The number of benzene rings is 2. The van der Waals surface area contributed by atoms with E-state index in [1.807, 2.05) is 19.9 Å². The van der Waals surface area contributed by atoms with Gasteiger partial charge in [-0.25, -0.2) is 9.87 Å². The molecule has 2 rings (SSSR count). The molecular weight excluding hydrogens is 349 g/mol. The lowest BCUT2D eigenvalue weighted by Crippen LogP contribution is -2.14. The van der Waals surface area contributed by atoms with Crippen molar-refractivity contribution >= 4 is 12.0 Å². The van der Waals surface area contributed by atoms with Gasteiger partial charge in [-0.2, -0.15) is 0 Å². The molecule has 2 aromatic carbocycles. The van der Waals surface area contributed by atoms with Gasteiger partial charge in [0.2, 0.25) is 0 Å². The first-order valence-corrected chi connectivity index (χ1v) is 8.39. The van der Waals surface area contributed by atoms with Gasteiger partial charge in [-0.3, -0.25) is 10.0 Å². The molecule has 0 bridgehead atoms. The van der Waals surface area contributed by atoms with Crippen LogP contribution in [0.3, 0.4) is 0 Å². The summed E-state index contributed by atoms with van der Waals surface area (Å²) >= 11 is 0. The SMILES string of the molecule is CC(C)=CCc1c(CO)ccc(/C=C/C(=O)NO)c1Oc1ccc(F)cc1. The molecule has 5 nitrogen and oxygen atoms in total. The smallest absolute Gasteiger partial charge is 0.267 e. The van der Waals surface area contributed by atoms with E-state index in [4.69, 9.17) is 9.94 Å². The molecule has 0 aromatic heterocycles. The Labute approximate surface area is 157 Å². The Bertz CT molecular complexity index is 853. The molecule has 2 aromatic rings. The van der Waals surface area contributed by atoms with Crippen molar-refractivity contribution in [3.8, 4) is 11.5 Å². The fourth-order valence-corrected chi connectivity index (χ4v) is 2.44. The van der Waals surface area contributed by atoms with Crippen LogP contribution < -0.4 is 10.2 Å². The molecule has 6 heteroatoms. The number of allylic oxidation sites excluding steroid dienone is 2. The van der Waals surface area contributed by atoms with Gasteiger partial charge >= 0.3 is 0 Å². The second-order valence-corrected chi connectivity index (χ2v) is 6.13. The second-order valence-electron chi connectivity index (χ2n) is 6.13. The van der Waals surface area contributed by atoms with Gasteiger partial charge in [0.1, 0.15) is 17.3 Å². The van der Waals surface area contributed by atoms with Gasteiger partial charge in [-0.15, -0.1) is 0 Å². The Kier molecular flexibility index (Phi) is 7.28. The minimum Gasteiger partial charge on any atom is -0.456 e. The highest BCUT2D eigenvalue weighted by atomic mass is 19.1. The van der Waals surface area contributed by atoms with Gasteiger partial charge < -0.3 is 9.84 Å². The maximum Gasteiger partial charge on any atom is 0.267 e. The van der Waals surface area contributed by atoms with Gasteiger partial charge in [-0.1, -0.05) is 23.8 Å². The lowest BCUT2D eigenvalue weighted by atomic mass is 9.98. The summed E-state index contributed by atoms with van der Waals surface area (Å²) in [4.78, 5) is 11.3. The van der Waals surface area contributed by atoms with Gasteiger partial charge in [0.15, 0.2) is 0 Å². The van der Waals surface area contributed by atoms with Crippen LogP contribution in [0.15, 0.2) is 54.1 Å². The highest BCUT2D eigenvalue weighted by Gasteiger charge is 2.14. The molecule has 0 aliphatic heterocycles. The van der Waals surface area contributed by atoms with Crippen molar-refractivity contribution in [3.63, 3.8) is 0 Å². The molecule has 0 saturated carbocycles. The van der Waals surface area contributed by atoms with Crippen LogP contribution >= 0.6 is 0 Å². The van der Waals surface area contributed by atoms with E-state index in [0.717, 1.165) is 17.2 Å². The number of hydrogen-bond donors (Lipinski definition) is 3. The number of ether oxygens (including phenoxy) is 1. The predicted molar refractivity (Wildman–Crippen MR) is 101 cm³/mol. The Morgan fingerprint density at radius 2 is 1.89 bits per heavy atom. The molecule has 27 heavy (non-hydrogen) atoms. The average Bonchev–Trinajstić information content (AvgIpc) is 2.66. The Morgan fingerprint density at radius 1 is 1.19 bits per heavy atom. The third kappa shape index (κ3) is 5.77. The summed E-state index contributed by atoms with van der Waals surface area (Å²) in [5.74, 6) is -0.186. The van der Waals surface area contributed by atoms with E-state index >= 15 is 0 Å². The van der Waals surface area contributed by atoms with Gasteiger partial charge in [0.25, 0.3) is 5.91 Å². The predicted octanol–water partition coefficient (Wildman–Crippen LogP) is 4.14. The second kappa shape index (κ2) is 9.66. The number of aliphatic hydroxyl groups excluding tert-OH is 1. The van der Waals surface area contributed by atoms with E-state index in [1.54, 1.807) is 12.1 Å². The van der Waals surface area contributed by atoms with E-state index < -0.39 is 5.91 Å². The maximum absolute atomic E-state index is 13.2. The molecule has 0 radical (unpaired) electrons. The molecule has 0 atom stereocenters. The molecule has 3 N–H and O–H groups in total. The van der Waals surface area contributed by atoms with Crippen molar-refractivity contribution < 1.29 is 24.2 Å². The highest BCUT2D eigenvalue weighted by Crippen LogP contribution is 2.34. The molecule has 0 saturated heterocycles. The van der Waals surface area contributed by atoms with E-state index in [0.29, 0.717) is 29.0 Å². The zero-order valence-corrected chi connectivity index (χ0v) is 15.2. The van der Waals surface area contributed by atoms with Crippen molar-refractivity contribution in [1.82, 2.24) is 5.48 Å². The fourth-order valence-electron chi connectivity index (χ4n) is 2.44. The zero-order valence-electron chi connectivity index (χ0n) is 15.2. The van der Waals surface area contributed by atoms with Crippen LogP contribution in [0, 0.1) is 5.82 Å². The number of aliphatic hydroxyl groups is 1. The summed E-state index contributed by atoms with van der Waals surface area (Å²) in [5.41, 5.74) is 4.66. The number of nitrogens with one attached hydrogen (secondary N) is 1. The number of halogens is 1. The Balaban J connectivity index is 2.56. The monoisotopic (exact) mass is 371 g/mol. The topological polar surface area (TPSA) is 78.8 Å². The Morgan fingerprint density at radius 3 is 2.48 bits per heavy atom. The van der Waals surface area contributed by atoms with E-state index in [-0.39, 0.29) is 12.4 Å². The van der Waals surface area contributed by atoms with Crippen molar-refractivity contribution in [3.05, 3.63) is 76.6 Å². The molecule has 1 amide bonds. The van der Waals surface area contributed by atoms with Crippen LogP contribution in [0.25, 0.3) is 6.08 Å². The van der Waals surface area contributed by atoms with E-state index in [9.17, 15) is 14.3 Å². The minimum atomic E-state index is -0.681. The third-order valence-electron chi connectivity index (χ3n) is 3.83. The molecule has 0 spiro atoms. The summed E-state index contributed by atoms with van der Waals surface area (Å²) in [5, 5.41) is 18.4. The number of hydrogen-bond acceptors (Lipinski definition) is 4. The number of rotatable bonds is 7. The highest BCUT2D eigenvalue weighted by molar-refractivity contribution is 5.91. The molecule has 0 aliphatic carbocycles. The van der Waals surface area contributed by atoms with Crippen LogP contribution in [-0.4, -0.2) is 16.2 Å². The van der Waals surface area contributed by atoms with Gasteiger partial charge in [-0.05, 0) is 56.2 Å². The van der Waals surface area contributed by atoms with Gasteiger partial charge in [0.05, 0.1) is 6.61 Å². The van der Waals surface area contributed by atoms with Crippen molar-refractivity contribution in [2.24, 2.45) is 0 Å². The molecule has 142 valence electrons. The van der Waals surface area contributed by atoms with Crippen molar-refractivity contribution in [1.29, 1.82) is 0 Å². The van der Waals surface area contributed by atoms with Crippen LogP contribution in [0.4, 0.5) is 4.39 Å². The summed E-state index contributed by atoms with van der Waals surface area (Å²) in [7, 11) is 0. The maximum atomic E-state index is 13.2. The summed E-state index contributed by atoms with van der Waals surface area (Å²) in [6, 6.07) is 9.03. The average molecular weight is 371 g/mol. The first-order chi connectivity index (χ1) is 12.9. The standard InChI is InChI=1S/C21H22FNO4/c1-14(2)3-11-19-16(13-24)5-4-15(6-12-20(25)23-26)21(19)27-18-9-7-17(22)8-10-18/h3-10,12,24,26H,11,13H2,1-2H3,(H,23,25)/b12-6+. The summed E-state index contributed by atoms with van der Waals surface area (Å²) < 4.78 is 19.2. The third-order valence-corrected chi connectivity index (χ3v) is 3.83. The first kappa shape index (κ1) is 20.4. The number of hydroxylamine groups is 1. The molecule has 0 fully saturated rings. The quantitative estimate of drug-likeness (QED) is 0.296. The largest absolute Gasteiger partial charge is 0.456 e. The lowest BCUT2D eigenvalue weighted by Gasteiger charge is -2.17.